The lowest BCUT2D eigenvalue weighted by atomic mass is 9.47. The summed E-state index contributed by atoms with van der Waals surface area (Å²) in [5.41, 5.74) is 1.37. The Hall–Kier alpha value is -1.12. The van der Waals surface area contributed by atoms with Crippen LogP contribution in [0.4, 0.5) is 0 Å². The van der Waals surface area contributed by atoms with Crippen molar-refractivity contribution >= 4 is 8.32 Å². The molecule has 1 spiro atoms. The average molecular weight is 514 g/mol. The van der Waals surface area contributed by atoms with Gasteiger partial charge in [0, 0.05) is 24.1 Å². The van der Waals surface area contributed by atoms with Gasteiger partial charge in [0.1, 0.15) is 11.9 Å². The summed E-state index contributed by atoms with van der Waals surface area (Å²) in [6.45, 7) is 14.9. The second-order valence-electron chi connectivity index (χ2n) is 13.9. The van der Waals surface area contributed by atoms with E-state index >= 15 is 0 Å². The van der Waals surface area contributed by atoms with Gasteiger partial charge in [-0.05, 0) is 80.7 Å². The lowest BCUT2D eigenvalue weighted by Crippen LogP contribution is -2.77. The fourth-order valence-electron chi connectivity index (χ4n) is 7.92. The van der Waals surface area contributed by atoms with Gasteiger partial charge in [0.25, 0.3) is 8.32 Å². The van der Waals surface area contributed by atoms with Crippen molar-refractivity contribution in [3.63, 3.8) is 0 Å². The molecule has 2 saturated heterocycles. The molecule has 2 bridgehead atoms. The third-order valence-corrected chi connectivity index (χ3v) is 15.3. The van der Waals surface area contributed by atoms with Crippen molar-refractivity contribution in [2.24, 2.45) is 11.8 Å². The number of nitrogens with zero attached hydrogens (tertiary/aromatic N) is 1. The second kappa shape index (κ2) is 7.72. The van der Waals surface area contributed by atoms with Gasteiger partial charge in [0.05, 0.1) is 24.2 Å². The lowest BCUT2D eigenvalue weighted by Gasteiger charge is -2.64. The Morgan fingerprint density at radius 2 is 1.86 bits per heavy atom. The van der Waals surface area contributed by atoms with Crippen LogP contribution in [-0.2, 0) is 21.3 Å². The molecule has 7 rings (SSSR count). The van der Waals surface area contributed by atoms with E-state index in [0.717, 1.165) is 56.2 Å². The summed E-state index contributed by atoms with van der Waals surface area (Å²) < 4.78 is 26.1. The summed E-state index contributed by atoms with van der Waals surface area (Å²) in [4.78, 5) is 2.63. The molecule has 6 nitrogen and oxygen atoms in total. The van der Waals surface area contributed by atoms with Gasteiger partial charge >= 0.3 is 0 Å². The standard InChI is InChI=1S/C29H43NO5Si/c1-27(2,3)36(4,5)35-21-9-8-19-16-22-29(31)11-10-20(26-32-14-15-33-26)25-28(29,23(19)24(21)34-25)12-13-30(22)17-18-6-7-18/h8-9,18,20,22,25-26,31H,6-7,10-17H2,1-5H3/t20?,22-,25+,28+,29?/m1/s1. The van der Waals surface area contributed by atoms with Gasteiger partial charge in [0.2, 0.25) is 0 Å². The van der Waals surface area contributed by atoms with Crippen LogP contribution < -0.4 is 9.16 Å². The summed E-state index contributed by atoms with van der Waals surface area (Å²) in [5, 5.41) is 12.9. The minimum Gasteiger partial charge on any atom is -0.541 e. The van der Waals surface area contributed by atoms with Gasteiger partial charge in [-0.3, -0.25) is 4.90 Å². The second-order valence-corrected chi connectivity index (χ2v) is 18.7. The van der Waals surface area contributed by atoms with Crippen LogP contribution in [0.15, 0.2) is 12.1 Å². The molecule has 3 aliphatic heterocycles. The maximum Gasteiger partial charge on any atom is 0.250 e. The first-order chi connectivity index (χ1) is 17.1. The molecule has 5 atom stereocenters. The Balaban J connectivity index is 1.36. The van der Waals surface area contributed by atoms with E-state index in [1.807, 2.05) is 0 Å². The highest BCUT2D eigenvalue weighted by Gasteiger charge is 2.73. The van der Waals surface area contributed by atoms with Crippen molar-refractivity contribution in [1.29, 1.82) is 0 Å². The number of likely N-dealkylation sites (tertiary alicyclic amines) is 1. The van der Waals surface area contributed by atoms with Gasteiger partial charge in [-0.15, -0.1) is 0 Å². The van der Waals surface area contributed by atoms with E-state index in [1.165, 1.54) is 24.0 Å². The molecular formula is C29H43NO5Si. The molecule has 3 aliphatic carbocycles. The van der Waals surface area contributed by atoms with Crippen LogP contribution in [0.1, 0.15) is 64.0 Å². The SMILES string of the molecule is CC(C)(C)[Si](C)(C)Oc1ccc2c3c1O[C@H]1C(C4OCCO4)CCC4(O)[C@@H](C2)N(CC2CC2)CC[C@]314. The third kappa shape index (κ3) is 3.16. The van der Waals surface area contributed by atoms with Crippen LogP contribution in [0, 0.1) is 11.8 Å². The van der Waals surface area contributed by atoms with Gasteiger partial charge in [-0.2, -0.15) is 0 Å². The Morgan fingerprint density at radius 3 is 2.56 bits per heavy atom. The highest BCUT2D eigenvalue weighted by atomic mass is 28.4. The number of ether oxygens (including phenoxy) is 3. The Bertz CT molecular complexity index is 1060. The predicted molar refractivity (Wildman–Crippen MR) is 140 cm³/mol. The van der Waals surface area contributed by atoms with E-state index in [4.69, 9.17) is 18.6 Å². The molecule has 7 heteroatoms. The zero-order valence-corrected chi connectivity index (χ0v) is 23.6. The Labute approximate surface area is 216 Å². The number of benzene rings is 1. The van der Waals surface area contributed by atoms with Crippen LogP contribution in [0.3, 0.4) is 0 Å². The Morgan fingerprint density at radius 1 is 1.11 bits per heavy atom. The number of rotatable bonds is 5. The summed E-state index contributed by atoms with van der Waals surface area (Å²) in [5.74, 6) is 2.70. The van der Waals surface area contributed by atoms with E-state index in [1.54, 1.807) is 0 Å². The van der Waals surface area contributed by atoms with E-state index in [-0.39, 0.29) is 29.4 Å². The summed E-state index contributed by atoms with van der Waals surface area (Å²) in [7, 11) is -2.07. The number of aliphatic hydroxyl groups is 1. The van der Waals surface area contributed by atoms with Gasteiger partial charge < -0.3 is 23.7 Å². The highest BCUT2D eigenvalue weighted by molar-refractivity contribution is 6.74. The van der Waals surface area contributed by atoms with Crippen LogP contribution in [0.25, 0.3) is 0 Å². The first-order valence-corrected chi connectivity index (χ1v) is 17.2. The molecule has 0 amide bonds. The maximum atomic E-state index is 12.8. The number of hydrogen-bond acceptors (Lipinski definition) is 6. The number of hydrogen-bond donors (Lipinski definition) is 1. The van der Waals surface area contributed by atoms with E-state index in [9.17, 15) is 5.11 Å². The molecule has 36 heavy (non-hydrogen) atoms. The fourth-order valence-corrected chi connectivity index (χ4v) is 8.94. The summed E-state index contributed by atoms with van der Waals surface area (Å²) in [6, 6.07) is 4.59. The van der Waals surface area contributed by atoms with Crippen molar-refractivity contribution in [2.45, 2.75) is 107 Å². The van der Waals surface area contributed by atoms with Crippen LogP contribution in [-0.4, -0.2) is 68.7 Å². The molecule has 3 heterocycles. The van der Waals surface area contributed by atoms with Crippen molar-refractivity contribution < 1.29 is 23.7 Å². The zero-order valence-electron chi connectivity index (χ0n) is 22.6. The minimum atomic E-state index is -2.07. The molecular weight excluding hydrogens is 470 g/mol. The monoisotopic (exact) mass is 513 g/mol. The normalized spacial score (nSPS) is 38.1. The van der Waals surface area contributed by atoms with E-state index < -0.39 is 19.3 Å². The average Bonchev–Trinajstić information content (AvgIpc) is 3.31. The number of piperidine rings is 1. The van der Waals surface area contributed by atoms with Gasteiger partial charge in [-0.1, -0.05) is 26.8 Å². The fraction of sp³-hybridized carbons (Fsp3) is 0.793. The third-order valence-electron chi connectivity index (χ3n) is 11.0. The largest absolute Gasteiger partial charge is 0.541 e. The van der Waals surface area contributed by atoms with Crippen molar-refractivity contribution in [2.75, 3.05) is 26.3 Å². The van der Waals surface area contributed by atoms with E-state index in [0.29, 0.717) is 13.2 Å². The van der Waals surface area contributed by atoms with Crippen molar-refractivity contribution in [1.82, 2.24) is 4.90 Å². The van der Waals surface area contributed by atoms with Crippen molar-refractivity contribution in [3.05, 3.63) is 23.3 Å². The van der Waals surface area contributed by atoms with Crippen LogP contribution in [0.2, 0.25) is 18.1 Å². The molecule has 198 valence electrons. The quantitative estimate of drug-likeness (QED) is 0.580. The smallest absolute Gasteiger partial charge is 0.250 e. The highest BCUT2D eigenvalue weighted by Crippen LogP contribution is 2.67. The molecule has 1 aromatic carbocycles. The van der Waals surface area contributed by atoms with Crippen LogP contribution >= 0.6 is 0 Å². The van der Waals surface area contributed by atoms with Crippen LogP contribution in [0.5, 0.6) is 11.5 Å². The molecule has 2 saturated carbocycles. The summed E-state index contributed by atoms with van der Waals surface area (Å²) in [6.07, 6.45) is 5.73. The molecule has 6 aliphatic rings. The topological polar surface area (TPSA) is 60.4 Å². The van der Waals surface area contributed by atoms with Crippen molar-refractivity contribution in [3.8, 4) is 11.5 Å². The summed E-state index contributed by atoms with van der Waals surface area (Å²) >= 11 is 0. The molecule has 1 aromatic rings. The first-order valence-electron chi connectivity index (χ1n) is 14.3. The molecule has 0 aromatic heterocycles. The maximum absolute atomic E-state index is 12.8. The van der Waals surface area contributed by atoms with Gasteiger partial charge in [-0.25, -0.2) is 0 Å². The first kappa shape index (κ1) is 24.0. The predicted octanol–water partition coefficient (Wildman–Crippen LogP) is 4.62. The molecule has 4 fully saturated rings. The lowest BCUT2D eigenvalue weighted by molar-refractivity contribution is -0.224. The molecule has 1 N–H and O–H groups in total. The Kier molecular flexibility index (Phi) is 5.14. The van der Waals surface area contributed by atoms with E-state index in [2.05, 4.69) is 50.9 Å². The zero-order chi connectivity index (χ0) is 25.1. The molecule has 0 radical (unpaired) electrons. The minimum absolute atomic E-state index is 0.0906. The molecule has 2 unspecified atom stereocenters. The van der Waals surface area contributed by atoms with Gasteiger partial charge in [0.15, 0.2) is 12.0 Å².